The molecule has 1 unspecified atom stereocenters. The second-order valence-electron chi connectivity index (χ2n) is 4.80. The third-order valence-corrected chi connectivity index (χ3v) is 4.46. The molecule has 0 radical (unpaired) electrons. The highest BCUT2D eigenvalue weighted by molar-refractivity contribution is 9.08. The highest BCUT2D eigenvalue weighted by Gasteiger charge is 2.11. The van der Waals surface area contributed by atoms with Crippen LogP contribution in [0.25, 0.3) is 21.9 Å². The Morgan fingerprint density at radius 1 is 1.09 bits per heavy atom. The number of hydrogen-bond acceptors (Lipinski definition) is 3. The van der Waals surface area contributed by atoms with Gasteiger partial charge in [-0.05, 0) is 11.5 Å². The van der Waals surface area contributed by atoms with Crippen molar-refractivity contribution < 1.29 is 8.76 Å². The molecule has 4 nitrogen and oxygen atoms in total. The Kier molecular flexibility index (Phi) is 4.61. The maximum absolute atomic E-state index is 10.9. The molecule has 0 aliphatic carbocycles. The number of hydrogen-bond donors (Lipinski definition) is 1. The number of benzene rings is 1. The van der Waals surface area contributed by atoms with Gasteiger partial charge in [0.25, 0.3) is 0 Å². The van der Waals surface area contributed by atoms with E-state index in [2.05, 4.69) is 32.0 Å². The van der Waals surface area contributed by atoms with Crippen LogP contribution in [0.2, 0.25) is 0 Å². The summed E-state index contributed by atoms with van der Waals surface area (Å²) < 4.78 is 19.8. The van der Waals surface area contributed by atoms with Crippen LogP contribution in [0.4, 0.5) is 0 Å². The lowest BCUT2D eigenvalue weighted by molar-refractivity contribution is 0.563. The minimum absolute atomic E-state index is 0.0410. The van der Waals surface area contributed by atoms with E-state index in [9.17, 15) is 4.21 Å². The first-order valence-corrected chi connectivity index (χ1v) is 9.04. The molecule has 0 amide bonds. The van der Waals surface area contributed by atoms with Gasteiger partial charge in [-0.1, -0.05) is 46.3 Å². The van der Waals surface area contributed by atoms with Gasteiger partial charge in [0, 0.05) is 34.2 Å². The van der Waals surface area contributed by atoms with Gasteiger partial charge in [0.2, 0.25) is 0 Å². The first-order valence-electron chi connectivity index (χ1n) is 6.64. The van der Waals surface area contributed by atoms with Crippen LogP contribution in [0.5, 0.6) is 0 Å². The molecule has 1 aromatic carbocycles. The third-order valence-electron chi connectivity index (χ3n) is 3.39. The first-order chi connectivity index (χ1) is 10.7. The van der Waals surface area contributed by atoms with E-state index in [4.69, 9.17) is 4.55 Å². The van der Waals surface area contributed by atoms with E-state index in [0.717, 1.165) is 27.6 Å². The fourth-order valence-electron chi connectivity index (χ4n) is 2.41. The quantitative estimate of drug-likeness (QED) is 0.553. The van der Waals surface area contributed by atoms with Gasteiger partial charge in [-0.25, -0.2) is 4.21 Å². The Hall–Kier alpha value is -1.63. The van der Waals surface area contributed by atoms with E-state index in [1.165, 1.54) is 0 Å². The van der Waals surface area contributed by atoms with Gasteiger partial charge in [-0.3, -0.25) is 9.97 Å². The smallest absolute Gasteiger partial charge is 0.158 e. The molecule has 0 fully saturated rings. The molecule has 0 aliphatic rings. The number of rotatable bonds is 4. The van der Waals surface area contributed by atoms with Crippen molar-refractivity contribution in [1.29, 1.82) is 0 Å². The molecule has 6 heteroatoms. The van der Waals surface area contributed by atoms with E-state index in [-0.39, 0.29) is 5.75 Å². The molecule has 0 saturated heterocycles. The fraction of sp³-hybridized carbons (Fsp3) is 0.125. The molecule has 0 spiro atoms. The lowest BCUT2D eigenvalue weighted by Gasteiger charge is -2.11. The first kappa shape index (κ1) is 15.3. The molecule has 3 aromatic rings. The second kappa shape index (κ2) is 6.64. The maximum atomic E-state index is 10.9. The van der Waals surface area contributed by atoms with Gasteiger partial charge in [0.15, 0.2) is 11.1 Å². The van der Waals surface area contributed by atoms with Gasteiger partial charge in [-0.2, -0.15) is 0 Å². The van der Waals surface area contributed by atoms with Crippen LogP contribution in [0.15, 0.2) is 48.8 Å². The third kappa shape index (κ3) is 3.09. The van der Waals surface area contributed by atoms with E-state index >= 15 is 0 Å². The summed E-state index contributed by atoms with van der Waals surface area (Å²) in [5, 5.41) is 2.84. The van der Waals surface area contributed by atoms with Crippen molar-refractivity contribution in [3.05, 3.63) is 60.2 Å². The summed E-state index contributed by atoms with van der Waals surface area (Å²) in [5.74, 6) is 0.0410. The number of fused-ring (bicyclic) bond motifs is 1. The maximum Gasteiger partial charge on any atom is 0.158 e. The van der Waals surface area contributed by atoms with E-state index in [1.54, 1.807) is 12.3 Å². The van der Waals surface area contributed by atoms with Crippen molar-refractivity contribution in [3.63, 3.8) is 0 Å². The predicted octanol–water partition coefficient (Wildman–Crippen LogP) is 3.91. The number of aromatic nitrogens is 2. The summed E-state index contributed by atoms with van der Waals surface area (Å²) in [4.78, 5) is 8.79. The van der Waals surface area contributed by atoms with E-state index in [1.807, 2.05) is 30.5 Å². The summed E-state index contributed by atoms with van der Waals surface area (Å²) >= 11 is 1.60. The predicted molar refractivity (Wildman–Crippen MR) is 92.1 cm³/mol. The minimum Gasteiger partial charge on any atom is -0.306 e. The van der Waals surface area contributed by atoms with Gasteiger partial charge < -0.3 is 4.55 Å². The zero-order valence-corrected chi connectivity index (χ0v) is 14.0. The van der Waals surface area contributed by atoms with Crippen LogP contribution in [0.3, 0.4) is 0 Å². The lowest BCUT2D eigenvalue weighted by Crippen LogP contribution is -1.97. The fourth-order valence-corrected chi connectivity index (χ4v) is 3.26. The molecule has 3 rings (SSSR count). The summed E-state index contributed by atoms with van der Waals surface area (Å²) in [6, 6.07) is 11.8. The molecular weight excluding hydrogens is 364 g/mol. The average molecular weight is 377 g/mol. The highest BCUT2D eigenvalue weighted by atomic mass is 79.9. The Balaban J connectivity index is 2.14. The van der Waals surface area contributed by atoms with Crippen molar-refractivity contribution in [2.45, 2.75) is 11.1 Å². The van der Waals surface area contributed by atoms with Crippen molar-refractivity contribution in [3.8, 4) is 11.1 Å². The molecular formula is C16H13BrN2O2S. The Morgan fingerprint density at radius 2 is 1.91 bits per heavy atom. The van der Waals surface area contributed by atoms with Crippen molar-refractivity contribution in [2.75, 3.05) is 0 Å². The van der Waals surface area contributed by atoms with Crippen LogP contribution in [-0.2, 0) is 22.2 Å². The summed E-state index contributed by atoms with van der Waals surface area (Å²) in [6.07, 6.45) is 3.60. The summed E-state index contributed by atoms with van der Waals surface area (Å²) in [5.41, 5.74) is 3.53. The SMILES string of the molecule is O=S(O)Cc1ccc(-c2c(CBr)ncc3ccccc23)cn1. The standard InChI is InChI=1S/C16H13BrN2O2S/c17-7-15-16(14-4-2-1-3-11(14)8-19-15)12-5-6-13(18-9-12)10-22(20)21/h1-6,8-9H,7,10H2,(H,20,21). The lowest BCUT2D eigenvalue weighted by atomic mass is 9.99. The topological polar surface area (TPSA) is 63.1 Å². The van der Waals surface area contributed by atoms with Gasteiger partial charge in [0.1, 0.15) is 0 Å². The minimum atomic E-state index is -1.88. The van der Waals surface area contributed by atoms with Gasteiger partial charge in [0.05, 0.1) is 17.1 Å². The molecule has 0 saturated carbocycles. The molecule has 112 valence electrons. The van der Waals surface area contributed by atoms with E-state index in [0.29, 0.717) is 11.0 Å². The summed E-state index contributed by atoms with van der Waals surface area (Å²) in [7, 11) is 0. The number of pyridine rings is 2. The largest absolute Gasteiger partial charge is 0.306 e. The molecule has 22 heavy (non-hydrogen) atoms. The average Bonchev–Trinajstić information content (AvgIpc) is 2.54. The van der Waals surface area contributed by atoms with Crippen LogP contribution in [-0.4, -0.2) is 18.7 Å². The van der Waals surface area contributed by atoms with Crippen LogP contribution in [0, 0.1) is 0 Å². The molecule has 2 heterocycles. The van der Waals surface area contributed by atoms with Gasteiger partial charge >= 0.3 is 0 Å². The monoisotopic (exact) mass is 376 g/mol. The normalized spacial score (nSPS) is 12.5. The highest BCUT2D eigenvalue weighted by Crippen LogP contribution is 2.31. The molecule has 2 aromatic heterocycles. The number of alkyl halides is 1. The van der Waals surface area contributed by atoms with E-state index < -0.39 is 11.1 Å². The van der Waals surface area contributed by atoms with Crippen molar-refractivity contribution >= 4 is 37.8 Å². The Bertz CT molecular complexity index is 837. The second-order valence-corrected chi connectivity index (χ2v) is 6.30. The number of nitrogens with zero attached hydrogens (tertiary/aromatic N) is 2. The molecule has 1 N–H and O–H groups in total. The van der Waals surface area contributed by atoms with Gasteiger partial charge in [-0.15, -0.1) is 0 Å². The molecule has 0 bridgehead atoms. The van der Waals surface area contributed by atoms with Crippen LogP contribution in [0.1, 0.15) is 11.4 Å². The zero-order valence-electron chi connectivity index (χ0n) is 11.6. The van der Waals surface area contributed by atoms with Crippen molar-refractivity contribution in [1.82, 2.24) is 9.97 Å². The zero-order chi connectivity index (χ0) is 15.5. The molecule has 1 atom stereocenters. The Morgan fingerprint density at radius 3 is 2.59 bits per heavy atom. The Labute approximate surface area is 139 Å². The molecule has 0 aliphatic heterocycles. The van der Waals surface area contributed by atoms with Crippen LogP contribution >= 0.6 is 15.9 Å². The summed E-state index contributed by atoms with van der Waals surface area (Å²) in [6.45, 7) is 0. The van der Waals surface area contributed by atoms with Crippen LogP contribution < -0.4 is 0 Å². The van der Waals surface area contributed by atoms with Crippen molar-refractivity contribution in [2.24, 2.45) is 0 Å². The number of halogens is 1.